The van der Waals surface area contributed by atoms with Crippen LogP contribution in [0.4, 0.5) is 5.95 Å². The molecule has 24 heavy (non-hydrogen) atoms. The Labute approximate surface area is 152 Å². The molecule has 0 bridgehead atoms. The SMILES string of the molecule is CC.Cc1c(S)cnc(Cn2cc(C)c3c(Cl)nc(N)nc32)c1C. The number of rotatable bonds is 2. The van der Waals surface area contributed by atoms with Gasteiger partial charge in [-0.2, -0.15) is 4.98 Å². The van der Waals surface area contributed by atoms with Crippen molar-refractivity contribution >= 4 is 41.2 Å². The third kappa shape index (κ3) is 3.35. The molecule has 0 amide bonds. The van der Waals surface area contributed by atoms with E-state index in [2.05, 4.69) is 27.6 Å². The molecule has 0 aliphatic rings. The van der Waals surface area contributed by atoms with Crippen LogP contribution in [0.5, 0.6) is 0 Å². The molecule has 0 atom stereocenters. The Balaban J connectivity index is 0.00000100. The fourth-order valence-electron chi connectivity index (χ4n) is 2.53. The molecule has 3 aromatic rings. The van der Waals surface area contributed by atoms with Gasteiger partial charge in [0.1, 0.15) is 10.8 Å². The molecule has 0 unspecified atom stereocenters. The molecule has 0 radical (unpaired) electrons. The van der Waals surface area contributed by atoms with Crippen LogP contribution in [0, 0.1) is 20.8 Å². The molecule has 0 aromatic carbocycles. The smallest absolute Gasteiger partial charge is 0.223 e. The summed E-state index contributed by atoms with van der Waals surface area (Å²) in [6.45, 7) is 10.7. The fraction of sp³-hybridized carbons (Fsp3) is 0.353. The van der Waals surface area contributed by atoms with E-state index in [0.29, 0.717) is 11.7 Å². The molecule has 7 heteroatoms. The van der Waals surface area contributed by atoms with Crippen molar-refractivity contribution in [3.05, 3.63) is 39.9 Å². The van der Waals surface area contributed by atoms with Crippen LogP contribution in [0.25, 0.3) is 11.0 Å². The summed E-state index contributed by atoms with van der Waals surface area (Å²) < 4.78 is 2.00. The number of hydrogen-bond acceptors (Lipinski definition) is 5. The number of nitrogens with two attached hydrogens (primary N) is 1. The van der Waals surface area contributed by atoms with E-state index < -0.39 is 0 Å². The van der Waals surface area contributed by atoms with Crippen LogP contribution in [-0.2, 0) is 6.54 Å². The number of aromatic nitrogens is 4. The van der Waals surface area contributed by atoms with Crippen molar-refractivity contribution in [2.24, 2.45) is 0 Å². The lowest BCUT2D eigenvalue weighted by atomic mass is 10.1. The summed E-state index contributed by atoms with van der Waals surface area (Å²) in [5, 5.41) is 1.21. The molecule has 0 aliphatic carbocycles. The zero-order valence-electron chi connectivity index (χ0n) is 14.6. The molecule has 2 N–H and O–H groups in total. The maximum Gasteiger partial charge on any atom is 0.223 e. The van der Waals surface area contributed by atoms with E-state index >= 15 is 0 Å². The molecule has 3 heterocycles. The number of thiol groups is 1. The van der Waals surface area contributed by atoms with Gasteiger partial charge in [0.2, 0.25) is 5.95 Å². The van der Waals surface area contributed by atoms with Gasteiger partial charge in [0, 0.05) is 17.3 Å². The second-order valence-corrected chi connectivity index (χ2v) is 6.19. The third-order valence-corrected chi connectivity index (χ3v) is 4.65. The minimum absolute atomic E-state index is 0.170. The first-order chi connectivity index (χ1) is 11.4. The third-order valence-electron chi connectivity index (χ3n) is 3.92. The first-order valence-corrected chi connectivity index (χ1v) is 8.63. The van der Waals surface area contributed by atoms with Crippen LogP contribution in [0.2, 0.25) is 5.15 Å². The zero-order valence-corrected chi connectivity index (χ0v) is 16.2. The van der Waals surface area contributed by atoms with E-state index in [1.54, 1.807) is 6.20 Å². The number of halogens is 1. The Morgan fingerprint density at radius 1 is 1.17 bits per heavy atom. The molecular formula is C17H22ClN5S. The molecule has 0 aliphatic heterocycles. The van der Waals surface area contributed by atoms with Gasteiger partial charge in [-0.05, 0) is 37.5 Å². The molecule has 0 saturated carbocycles. The predicted molar refractivity (Wildman–Crippen MR) is 103 cm³/mol. The van der Waals surface area contributed by atoms with Crippen molar-refractivity contribution < 1.29 is 0 Å². The summed E-state index contributed by atoms with van der Waals surface area (Å²) in [6, 6.07) is 0. The van der Waals surface area contributed by atoms with E-state index in [0.717, 1.165) is 38.3 Å². The zero-order chi connectivity index (χ0) is 18.0. The minimum atomic E-state index is 0.170. The highest BCUT2D eigenvalue weighted by Crippen LogP contribution is 2.27. The van der Waals surface area contributed by atoms with E-state index in [-0.39, 0.29) is 5.95 Å². The van der Waals surface area contributed by atoms with Gasteiger partial charge in [0.05, 0.1) is 17.6 Å². The van der Waals surface area contributed by atoms with Crippen molar-refractivity contribution in [3.8, 4) is 0 Å². The first kappa shape index (κ1) is 18.5. The highest BCUT2D eigenvalue weighted by Gasteiger charge is 2.15. The summed E-state index contributed by atoms with van der Waals surface area (Å²) >= 11 is 10.6. The maximum absolute atomic E-state index is 6.19. The van der Waals surface area contributed by atoms with Crippen molar-refractivity contribution in [2.75, 3.05) is 5.73 Å². The van der Waals surface area contributed by atoms with Gasteiger partial charge in [-0.15, -0.1) is 12.6 Å². The van der Waals surface area contributed by atoms with Crippen molar-refractivity contribution in [1.82, 2.24) is 19.5 Å². The van der Waals surface area contributed by atoms with E-state index in [4.69, 9.17) is 17.3 Å². The van der Waals surface area contributed by atoms with Gasteiger partial charge < -0.3 is 10.3 Å². The second-order valence-electron chi connectivity index (χ2n) is 5.35. The number of hydrogen-bond donors (Lipinski definition) is 2. The summed E-state index contributed by atoms with van der Waals surface area (Å²) in [5.74, 6) is 0.170. The van der Waals surface area contributed by atoms with Crippen LogP contribution in [0.3, 0.4) is 0 Å². The second kappa shape index (κ2) is 7.40. The largest absolute Gasteiger partial charge is 0.368 e. The van der Waals surface area contributed by atoms with Gasteiger partial charge in [-0.3, -0.25) is 4.98 Å². The highest BCUT2D eigenvalue weighted by molar-refractivity contribution is 7.80. The molecular weight excluding hydrogens is 342 g/mol. The first-order valence-electron chi connectivity index (χ1n) is 7.81. The maximum atomic E-state index is 6.19. The van der Waals surface area contributed by atoms with Crippen LogP contribution in [-0.4, -0.2) is 19.5 Å². The Hall–Kier alpha value is -1.79. The lowest BCUT2D eigenvalue weighted by molar-refractivity contribution is 0.782. The van der Waals surface area contributed by atoms with Gasteiger partial charge in [-0.1, -0.05) is 25.4 Å². The van der Waals surface area contributed by atoms with Crippen LogP contribution < -0.4 is 5.73 Å². The number of nitrogens with zero attached hydrogens (tertiary/aromatic N) is 4. The van der Waals surface area contributed by atoms with Crippen LogP contribution in [0.15, 0.2) is 17.3 Å². The quantitative estimate of drug-likeness (QED) is 0.524. The van der Waals surface area contributed by atoms with Crippen LogP contribution >= 0.6 is 24.2 Å². The number of anilines is 1. The normalized spacial score (nSPS) is 10.6. The topological polar surface area (TPSA) is 69.6 Å². The number of fused-ring (bicyclic) bond motifs is 1. The van der Waals surface area contributed by atoms with Gasteiger partial charge in [-0.25, -0.2) is 4.98 Å². The predicted octanol–water partition coefficient (Wildman–Crippen LogP) is 4.35. The van der Waals surface area contributed by atoms with Crippen LogP contribution in [0.1, 0.15) is 36.2 Å². The Kier molecular flexibility index (Phi) is 5.72. The Morgan fingerprint density at radius 3 is 2.50 bits per heavy atom. The van der Waals surface area contributed by atoms with E-state index in [1.165, 1.54) is 0 Å². The molecule has 128 valence electrons. The van der Waals surface area contributed by atoms with Gasteiger partial charge in [0.25, 0.3) is 0 Å². The van der Waals surface area contributed by atoms with E-state index in [1.807, 2.05) is 45.4 Å². The number of aryl methyl sites for hydroxylation is 1. The van der Waals surface area contributed by atoms with Crippen molar-refractivity contribution in [1.29, 1.82) is 0 Å². The average Bonchev–Trinajstić information content (AvgIpc) is 2.86. The minimum Gasteiger partial charge on any atom is -0.368 e. The Bertz CT molecular complexity index is 889. The summed E-state index contributed by atoms with van der Waals surface area (Å²) in [4.78, 5) is 13.7. The van der Waals surface area contributed by atoms with Gasteiger partial charge in [0.15, 0.2) is 0 Å². The number of pyridine rings is 1. The lowest BCUT2D eigenvalue weighted by Crippen LogP contribution is -2.06. The lowest BCUT2D eigenvalue weighted by Gasteiger charge is -2.11. The van der Waals surface area contributed by atoms with E-state index in [9.17, 15) is 0 Å². The number of nitrogen functional groups attached to an aromatic ring is 1. The standard InChI is InChI=1S/C15H16ClN5S.C2H6/c1-7-5-21(14-12(7)13(16)19-15(17)20-14)6-10-8(2)9(3)11(22)4-18-10;1-2/h4-5,22H,6H2,1-3H3,(H2,17,19,20);1-2H3. The molecule has 5 nitrogen and oxygen atoms in total. The Morgan fingerprint density at radius 2 is 1.83 bits per heavy atom. The highest BCUT2D eigenvalue weighted by atomic mass is 35.5. The van der Waals surface area contributed by atoms with Gasteiger partial charge >= 0.3 is 0 Å². The summed E-state index contributed by atoms with van der Waals surface area (Å²) in [7, 11) is 0. The molecule has 0 fully saturated rings. The molecule has 0 spiro atoms. The summed E-state index contributed by atoms with van der Waals surface area (Å²) in [6.07, 6.45) is 3.77. The molecule has 3 rings (SSSR count). The molecule has 0 saturated heterocycles. The fourth-order valence-corrected chi connectivity index (χ4v) is 3.07. The van der Waals surface area contributed by atoms with Crippen molar-refractivity contribution in [2.45, 2.75) is 46.1 Å². The van der Waals surface area contributed by atoms with Crippen molar-refractivity contribution in [3.63, 3.8) is 0 Å². The summed E-state index contributed by atoms with van der Waals surface area (Å²) in [5.41, 5.74) is 10.7. The monoisotopic (exact) mass is 363 g/mol. The average molecular weight is 364 g/mol. The molecule has 3 aromatic heterocycles.